The maximum Gasteiger partial charge on any atom is 0.697 e. The molecule has 41 heavy (non-hydrogen) atoms. The number of esters is 1. The van der Waals surface area contributed by atoms with Gasteiger partial charge in [-0.1, -0.05) is 18.2 Å². The number of nitrogens with one attached hydrogen (secondary N) is 1. The molecular formula is C24H30FN7O8P+. The maximum absolute atomic E-state index is 13.7. The van der Waals surface area contributed by atoms with Crippen LogP contribution in [-0.4, -0.2) is 72.8 Å². The zero-order chi connectivity index (χ0) is 29.8. The summed E-state index contributed by atoms with van der Waals surface area (Å²) in [7, 11) is -2.64. The third kappa shape index (κ3) is 7.04. The molecule has 0 spiro atoms. The lowest BCUT2D eigenvalue weighted by Gasteiger charge is -2.16. The molecule has 0 amide bonds. The van der Waals surface area contributed by atoms with Crippen molar-refractivity contribution in [1.82, 2.24) is 19.5 Å². The third-order valence-electron chi connectivity index (χ3n) is 6.49. The molecule has 0 saturated carbocycles. The van der Waals surface area contributed by atoms with Gasteiger partial charge < -0.3 is 25.4 Å². The number of aliphatic hydroxyl groups excluding tert-OH is 2. The number of aromatic nitrogens is 4. The topological polar surface area (TPSA) is 217 Å². The second kappa shape index (κ2) is 13.0. The van der Waals surface area contributed by atoms with Crippen molar-refractivity contribution in [2.45, 2.75) is 70.5 Å². The third-order valence-corrected chi connectivity index (χ3v) is 7.19. The summed E-state index contributed by atoms with van der Waals surface area (Å²) in [5.74, 6) is -0.781. The van der Waals surface area contributed by atoms with E-state index in [4.69, 9.17) is 29.8 Å². The number of anilines is 1. The lowest BCUT2D eigenvalue weighted by Crippen LogP contribution is -2.33. The number of fused-ring (bicyclic) bond motifs is 1. The quantitative estimate of drug-likeness (QED) is 0.103. The number of aliphatic hydroxyl groups is 2. The molecule has 1 aromatic carbocycles. The average molecular weight is 595 g/mol. The molecule has 1 aliphatic heterocycles. The molecule has 7 atom stereocenters. The summed E-state index contributed by atoms with van der Waals surface area (Å²) in [5, 5.41) is 24.1. The molecule has 3 heterocycles. The van der Waals surface area contributed by atoms with Gasteiger partial charge in [-0.25, -0.2) is 15.3 Å². The fourth-order valence-corrected chi connectivity index (χ4v) is 4.81. The van der Waals surface area contributed by atoms with Crippen LogP contribution in [0.25, 0.3) is 11.2 Å². The van der Waals surface area contributed by atoms with Crippen molar-refractivity contribution in [2.24, 2.45) is 5.11 Å². The Hall–Kier alpha value is -3.53. The standard InChI is InChI=1S/C24H30FN7O8P/c1-11-4-5-14(6-12(2)39-23(35)13(3)31-27)7-15(11)8-37-41(36)38-9-16-18(33)19(34)22(40-16)32-10-28-17-20(26)29-24(25)30-21(17)32/h4-5,7,10,12-13,16,18-19,22,27,33-34H,6,8-9H2,1-3H3,(H2,26,29,30)/q+1. The van der Waals surface area contributed by atoms with Crippen LogP contribution in [0.15, 0.2) is 29.6 Å². The molecule has 2 aromatic heterocycles. The summed E-state index contributed by atoms with van der Waals surface area (Å²) in [6.07, 6.45) is -5.12. The highest BCUT2D eigenvalue weighted by Crippen LogP contribution is 2.35. The Morgan fingerprint density at radius 2 is 2.05 bits per heavy atom. The maximum atomic E-state index is 13.7. The molecule has 1 fully saturated rings. The van der Waals surface area contributed by atoms with Crippen LogP contribution >= 0.6 is 8.25 Å². The van der Waals surface area contributed by atoms with Crippen molar-refractivity contribution in [2.75, 3.05) is 12.3 Å². The highest BCUT2D eigenvalue weighted by atomic mass is 31.1. The first-order chi connectivity index (χ1) is 19.5. The molecule has 0 aliphatic carbocycles. The van der Waals surface area contributed by atoms with Crippen LogP contribution in [0.5, 0.6) is 0 Å². The van der Waals surface area contributed by atoms with E-state index in [0.29, 0.717) is 6.42 Å². The highest BCUT2D eigenvalue weighted by molar-refractivity contribution is 7.33. The molecule has 220 valence electrons. The Morgan fingerprint density at radius 1 is 1.29 bits per heavy atom. The van der Waals surface area contributed by atoms with E-state index in [-0.39, 0.29) is 30.2 Å². The Labute approximate surface area is 234 Å². The first-order valence-corrected chi connectivity index (χ1v) is 13.6. The van der Waals surface area contributed by atoms with Gasteiger partial charge in [0.1, 0.15) is 37.6 Å². The summed E-state index contributed by atoms with van der Waals surface area (Å²) < 4.78 is 49.0. The summed E-state index contributed by atoms with van der Waals surface area (Å²) >= 11 is 0. The normalized spacial score (nSPS) is 22.4. The molecule has 1 saturated heterocycles. The van der Waals surface area contributed by atoms with Gasteiger partial charge >= 0.3 is 20.3 Å². The van der Waals surface area contributed by atoms with Crippen LogP contribution in [-0.2, 0) is 40.9 Å². The number of ether oxygens (including phenoxy) is 2. The number of carbonyl (C=O) groups is 1. The van der Waals surface area contributed by atoms with Gasteiger partial charge in [-0.15, -0.1) is 9.05 Å². The number of hydrogen-bond acceptors (Lipinski definition) is 14. The fourth-order valence-electron chi connectivity index (χ4n) is 4.22. The van der Waals surface area contributed by atoms with E-state index >= 15 is 0 Å². The van der Waals surface area contributed by atoms with Crippen LogP contribution in [0.1, 0.15) is 36.8 Å². The van der Waals surface area contributed by atoms with Crippen LogP contribution in [0.4, 0.5) is 10.2 Å². The summed E-state index contributed by atoms with van der Waals surface area (Å²) in [6, 6.07) is 4.69. The molecular weight excluding hydrogens is 564 g/mol. The zero-order valence-electron chi connectivity index (χ0n) is 22.4. The van der Waals surface area contributed by atoms with E-state index in [1.54, 1.807) is 6.92 Å². The van der Waals surface area contributed by atoms with Gasteiger partial charge in [0, 0.05) is 11.0 Å². The van der Waals surface area contributed by atoms with Gasteiger partial charge in [-0.2, -0.15) is 19.5 Å². The molecule has 3 aromatic rings. The predicted molar refractivity (Wildman–Crippen MR) is 139 cm³/mol. The number of carbonyl (C=O) groups excluding carboxylic acids is 1. The van der Waals surface area contributed by atoms with E-state index in [1.165, 1.54) is 17.8 Å². The van der Waals surface area contributed by atoms with Gasteiger partial charge in [0.05, 0.1) is 6.33 Å². The smallest absolute Gasteiger partial charge is 0.461 e. The van der Waals surface area contributed by atoms with Gasteiger partial charge in [-0.05, 0) is 37.5 Å². The van der Waals surface area contributed by atoms with Gasteiger partial charge in [0.2, 0.25) is 0 Å². The van der Waals surface area contributed by atoms with E-state index < -0.39 is 57.0 Å². The number of imidazole rings is 1. The number of nitrogens with two attached hydrogens (primary N) is 1. The lowest BCUT2D eigenvalue weighted by molar-refractivity contribution is -0.149. The van der Waals surface area contributed by atoms with Crippen molar-refractivity contribution in [3.63, 3.8) is 0 Å². The molecule has 0 radical (unpaired) electrons. The SMILES string of the molecule is Cc1ccc(CC(C)OC(=O)C(C)N=N)cc1CO[P+](=O)OCC1OC(n2cnc3c(N)nc(F)nc32)C(O)C1O. The monoisotopic (exact) mass is 594 g/mol. The molecule has 4 rings (SSSR count). The van der Waals surface area contributed by atoms with Crippen molar-refractivity contribution < 1.29 is 42.5 Å². The number of halogens is 1. The van der Waals surface area contributed by atoms with Crippen molar-refractivity contribution in [3.8, 4) is 0 Å². The Morgan fingerprint density at radius 3 is 2.78 bits per heavy atom. The summed E-state index contributed by atoms with van der Waals surface area (Å²) in [4.78, 5) is 22.9. The highest BCUT2D eigenvalue weighted by Gasteiger charge is 2.46. The largest absolute Gasteiger partial charge is 0.697 e. The second-order valence-corrected chi connectivity index (χ2v) is 10.5. The Kier molecular flexibility index (Phi) is 9.63. The van der Waals surface area contributed by atoms with Crippen LogP contribution in [0, 0.1) is 18.5 Å². The summed E-state index contributed by atoms with van der Waals surface area (Å²) in [5.41, 5.74) is 15.1. The first kappa shape index (κ1) is 30.4. The molecule has 15 nitrogen and oxygen atoms in total. The molecule has 1 aliphatic rings. The first-order valence-electron chi connectivity index (χ1n) is 12.5. The number of nitrogens with zero attached hydrogens (tertiary/aromatic N) is 5. The van der Waals surface area contributed by atoms with Gasteiger partial charge in [-0.3, -0.25) is 4.57 Å². The van der Waals surface area contributed by atoms with E-state index in [2.05, 4.69) is 20.1 Å². The Balaban J connectivity index is 1.31. The molecule has 7 unspecified atom stereocenters. The Bertz CT molecular complexity index is 1440. The van der Waals surface area contributed by atoms with Crippen LogP contribution < -0.4 is 5.73 Å². The fraction of sp³-hybridized carbons (Fsp3) is 0.500. The minimum atomic E-state index is -2.64. The van der Waals surface area contributed by atoms with E-state index in [1.807, 2.05) is 25.1 Å². The second-order valence-electron chi connectivity index (χ2n) is 9.56. The number of aryl methyl sites for hydroxylation is 1. The summed E-state index contributed by atoms with van der Waals surface area (Å²) in [6.45, 7) is 4.62. The van der Waals surface area contributed by atoms with Gasteiger partial charge in [0.25, 0.3) is 0 Å². The van der Waals surface area contributed by atoms with Gasteiger partial charge in [0.15, 0.2) is 29.3 Å². The van der Waals surface area contributed by atoms with E-state index in [0.717, 1.165) is 16.7 Å². The van der Waals surface area contributed by atoms with Crippen molar-refractivity contribution >= 4 is 31.2 Å². The lowest BCUT2D eigenvalue weighted by atomic mass is 10.0. The number of rotatable bonds is 12. The molecule has 17 heteroatoms. The minimum Gasteiger partial charge on any atom is -0.461 e. The number of hydrogen-bond donors (Lipinski definition) is 4. The van der Waals surface area contributed by atoms with E-state index in [9.17, 15) is 24.0 Å². The molecule has 0 bridgehead atoms. The minimum absolute atomic E-state index is 0.0367. The van der Waals surface area contributed by atoms with Crippen LogP contribution in [0.3, 0.4) is 0 Å². The van der Waals surface area contributed by atoms with Crippen LogP contribution in [0.2, 0.25) is 0 Å². The number of benzene rings is 1. The van der Waals surface area contributed by atoms with Crippen molar-refractivity contribution in [3.05, 3.63) is 47.3 Å². The average Bonchev–Trinajstić information content (AvgIpc) is 3.47. The number of nitrogen functional groups attached to an aromatic ring is 1. The zero-order valence-corrected chi connectivity index (χ0v) is 23.3. The molecule has 5 N–H and O–H groups in total. The van der Waals surface area contributed by atoms with Crippen molar-refractivity contribution in [1.29, 1.82) is 5.53 Å². The predicted octanol–water partition coefficient (Wildman–Crippen LogP) is 2.26.